The Labute approximate surface area is 139 Å². The Morgan fingerprint density at radius 2 is 2.26 bits per heavy atom. The molecule has 2 rings (SSSR count). The number of nitrogens with zero attached hydrogens (tertiary/aromatic N) is 2. The Morgan fingerprint density at radius 3 is 2.83 bits per heavy atom. The molecule has 1 aliphatic heterocycles. The molecule has 1 aromatic rings. The van der Waals surface area contributed by atoms with Gasteiger partial charge in [-0.1, -0.05) is 13.8 Å². The zero-order chi connectivity index (χ0) is 17.0. The van der Waals surface area contributed by atoms with Crippen LogP contribution < -0.4 is 11.1 Å². The van der Waals surface area contributed by atoms with Gasteiger partial charge in [0.2, 0.25) is 17.7 Å². The van der Waals surface area contributed by atoms with Gasteiger partial charge >= 0.3 is 0 Å². The summed E-state index contributed by atoms with van der Waals surface area (Å²) in [5, 5.41) is 5.02. The van der Waals surface area contributed by atoms with Crippen LogP contribution in [-0.2, 0) is 14.4 Å². The van der Waals surface area contributed by atoms with Gasteiger partial charge in [0.1, 0.15) is 0 Å². The van der Waals surface area contributed by atoms with Crippen LogP contribution in [0.3, 0.4) is 0 Å². The molecule has 1 aromatic heterocycles. The van der Waals surface area contributed by atoms with E-state index in [9.17, 15) is 14.4 Å². The van der Waals surface area contributed by atoms with Crippen LogP contribution in [0.4, 0.5) is 5.13 Å². The molecule has 7 nitrogen and oxygen atoms in total. The monoisotopic (exact) mass is 338 g/mol. The Bertz CT molecular complexity index is 588. The predicted octanol–water partition coefficient (Wildman–Crippen LogP) is 1.22. The van der Waals surface area contributed by atoms with Crippen LogP contribution in [0.25, 0.3) is 0 Å². The van der Waals surface area contributed by atoms with Gasteiger partial charge in [0.05, 0.1) is 12.0 Å². The molecule has 1 atom stereocenters. The summed E-state index contributed by atoms with van der Waals surface area (Å²) in [7, 11) is 0. The van der Waals surface area contributed by atoms with E-state index in [1.54, 1.807) is 11.6 Å². The minimum absolute atomic E-state index is 0.0905. The molecule has 0 aromatic carbocycles. The fourth-order valence-corrected chi connectivity index (χ4v) is 3.74. The molecule has 0 spiro atoms. The molecule has 2 heterocycles. The van der Waals surface area contributed by atoms with Crippen molar-refractivity contribution in [2.45, 2.75) is 33.1 Å². The Balaban J connectivity index is 2.11. The van der Waals surface area contributed by atoms with Gasteiger partial charge in [-0.2, -0.15) is 0 Å². The number of hydrogen-bond acceptors (Lipinski definition) is 5. The van der Waals surface area contributed by atoms with Crippen molar-refractivity contribution < 1.29 is 14.4 Å². The lowest BCUT2D eigenvalue weighted by molar-refractivity contribution is -0.141. The quantitative estimate of drug-likeness (QED) is 0.779. The van der Waals surface area contributed by atoms with E-state index in [1.807, 2.05) is 13.8 Å². The molecule has 1 aliphatic rings. The minimum Gasteiger partial charge on any atom is -0.368 e. The summed E-state index contributed by atoms with van der Waals surface area (Å²) < 4.78 is 0. The first kappa shape index (κ1) is 17.4. The molecular formula is C15H22N4O3S. The molecular weight excluding hydrogens is 316 g/mol. The third-order valence-electron chi connectivity index (χ3n) is 3.92. The van der Waals surface area contributed by atoms with Crippen molar-refractivity contribution in [2.24, 2.45) is 17.1 Å². The summed E-state index contributed by atoms with van der Waals surface area (Å²) in [6.07, 6.45) is 2.87. The molecule has 3 N–H and O–H groups in total. The van der Waals surface area contributed by atoms with Crippen LogP contribution in [-0.4, -0.2) is 40.7 Å². The van der Waals surface area contributed by atoms with Crippen molar-refractivity contribution in [1.29, 1.82) is 0 Å². The Hall–Kier alpha value is -1.96. The van der Waals surface area contributed by atoms with E-state index >= 15 is 0 Å². The second-order valence-electron chi connectivity index (χ2n) is 6.38. The zero-order valence-corrected chi connectivity index (χ0v) is 14.2. The number of aromatic nitrogens is 1. The smallest absolute Gasteiger partial charge is 0.237 e. The number of hydrogen-bond donors (Lipinski definition) is 2. The van der Waals surface area contributed by atoms with Crippen LogP contribution in [0.2, 0.25) is 0 Å². The van der Waals surface area contributed by atoms with Crippen molar-refractivity contribution in [1.82, 2.24) is 9.88 Å². The summed E-state index contributed by atoms with van der Waals surface area (Å²) >= 11 is 1.33. The average Bonchev–Trinajstić information content (AvgIpc) is 3.02. The molecule has 1 fully saturated rings. The van der Waals surface area contributed by atoms with Crippen molar-refractivity contribution in [3.05, 3.63) is 11.6 Å². The summed E-state index contributed by atoms with van der Waals surface area (Å²) in [5.74, 6) is -0.653. The van der Waals surface area contributed by atoms with Crippen molar-refractivity contribution in [3.63, 3.8) is 0 Å². The molecule has 23 heavy (non-hydrogen) atoms. The number of nitrogens with two attached hydrogens (primary N) is 1. The summed E-state index contributed by atoms with van der Waals surface area (Å²) in [5.41, 5.74) is 4.44. The van der Waals surface area contributed by atoms with E-state index in [4.69, 9.17) is 5.73 Å². The molecule has 126 valence electrons. The molecule has 0 bridgehead atoms. The lowest BCUT2D eigenvalue weighted by atomic mass is 9.75. The van der Waals surface area contributed by atoms with Crippen LogP contribution in [0.5, 0.6) is 0 Å². The van der Waals surface area contributed by atoms with Gasteiger partial charge in [-0.25, -0.2) is 4.98 Å². The van der Waals surface area contributed by atoms with Crippen molar-refractivity contribution in [3.8, 4) is 0 Å². The molecule has 0 aliphatic carbocycles. The van der Waals surface area contributed by atoms with Gasteiger partial charge < -0.3 is 16.0 Å². The van der Waals surface area contributed by atoms with Crippen LogP contribution in [0, 0.1) is 11.3 Å². The highest BCUT2D eigenvalue weighted by molar-refractivity contribution is 7.13. The molecule has 0 radical (unpaired) electrons. The fourth-order valence-electron chi connectivity index (χ4n) is 3.19. The number of thiazole rings is 1. The summed E-state index contributed by atoms with van der Waals surface area (Å²) in [6.45, 7) is 4.40. The maximum atomic E-state index is 12.8. The third kappa shape index (κ3) is 4.28. The van der Waals surface area contributed by atoms with Crippen molar-refractivity contribution in [2.75, 3.05) is 18.4 Å². The van der Waals surface area contributed by atoms with E-state index in [0.29, 0.717) is 24.5 Å². The number of carbonyl (C=O) groups excluding carboxylic acids is 3. The maximum Gasteiger partial charge on any atom is 0.237 e. The number of carbonyl (C=O) groups is 3. The number of amides is 3. The second kappa shape index (κ2) is 7.08. The number of nitrogens with one attached hydrogen (secondary N) is 1. The summed E-state index contributed by atoms with van der Waals surface area (Å²) in [4.78, 5) is 41.7. The summed E-state index contributed by atoms with van der Waals surface area (Å²) in [6, 6.07) is 0. The average molecular weight is 338 g/mol. The second-order valence-corrected chi connectivity index (χ2v) is 7.28. The number of anilines is 1. The highest BCUT2D eigenvalue weighted by Crippen LogP contribution is 2.41. The van der Waals surface area contributed by atoms with Crippen LogP contribution >= 0.6 is 11.3 Å². The van der Waals surface area contributed by atoms with Gasteiger partial charge in [-0.05, 0) is 18.8 Å². The number of primary amides is 1. The van der Waals surface area contributed by atoms with Gasteiger partial charge in [0.25, 0.3) is 0 Å². The van der Waals surface area contributed by atoms with Gasteiger partial charge in [0.15, 0.2) is 5.13 Å². The number of likely N-dealkylation sites (tertiary alicyclic amines) is 1. The fraction of sp³-hybridized carbons (Fsp3) is 0.600. The van der Waals surface area contributed by atoms with E-state index in [0.717, 1.165) is 0 Å². The SMILES string of the molecule is CC(C)CC1(CC(=O)Nc2nccs2)CCN(CC(N)=O)C1=O. The highest BCUT2D eigenvalue weighted by atomic mass is 32.1. The standard InChI is InChI=1S/C15H22N4O3S/c1-10(2)7-15(3-5-19(13(15)22)9-11(16)20)8-12(21)18-14-17-4-6-23-14/h4,6,10H,3,5,7-9H2,1-2H3,(H2,16,20)(H,17,18,21). The number of rotatable bonds is 7. The van der Waals surface area contributed by atoms with E-state index in [1.165, 1.54) is 16.2 Å². The minimum atomic E-state index is -0.759. The molecule has 3 amide bonds. The molecule has 1 unspecified atom stereocenters. The lowest BCUT2D eigenvalue weighted by Gasteiger charge is -2.28. The molecule has 0 saturated carbocycles. The normalized spacial score (nSPS) is 21.0. The third-order valence-corrected chi connectivity index (χ3v) is 4.61. The zero-order valence-electron chi connectivity index (χ0n) is 13.4. The van der Waals surface area contributed by atoms with E-state index in [-0.39, 0.29) is 30.7 Å². The first-order valence-corrected chi connectivity index (χ1v) is 8.47. The largest absolute Gasteiger partial charge is 0.368 e. The van der Waals surface area contributed by atoms with Crippen molar-refractivity contribution >= 4 is 34.2 Å². The van der Waals surface area contributed by atoms with Gasteiger partial charge in [-0.3, -0.25) is 14.4 Å². The predicted molar refractivity (Wildman–Crippen MR) is 87.6 cm³/mol. The van der Waals surface area contributed by atoms with E-state index < -0.39 is 11.3 Å². The van der Waals surface area contributed by atoms with Gasteiger partial charge in [0, 0.05) is 24.5 Å². The molecule has 1 saturated heterocycles. The van der Waals surface area contributed by atoms with E-state index in [2.05, 4.69) is 10.3 Å². The Morgan fingerprint density at radius 1 is 1.52 bits per heavy atom. The first-order valence-electron chi connectivity index (χ1n) is 7.59. The topological polar surface area (TPSA) is 105 Å². The lowest BCUT2D eigenvalue weighted by Crippen LogP contribution is -2.41. The van der Waals surface area contributed by atoms with Crippen LogP contribution in [0.15, 0.2) is 11.6 Å². The maximum absolute atomic E-state index is 12.8. The molecule has 8 heteroatoms. The first-order chi connectivity index (χ1) is 10.8. The highest BCUT2D eigenvalue weighted by Gasteiger charge is 2.48. The van der Waals surface area contributed by atoms with Crippen LogP contribution in [0.1, 0.15) is 33.1 Å². The van der Waals surface area contributed by atoms with Gasteiger partial charge in [-0.15, -0.1) is 11.3 Å². The Kier molecular flexibility index (Phi) is 5.35.